The van der Waals surface area contributed by atoms with Crippen molar-refractivity contribution in [2.75, 3.05) is 34.3 Å². The van der Waals surface area contributed by atoms with Gasteiger partial charge in [-0.15, -0.1) is 0 Å². The Kier molecular flexibility index (Phi) is 9.01. The monoisotopic (exact) mass is 324 g/mol. The number of hydrogen-bond donors (Lipinski definition) is 2. The number of phosphoric ester groups is 1. The van der Waals surface area contributed by atoms with E-state index < -0.39 is 19.9 Å². The molecule has 1 atom stereocenters. The minimum atomic E-state index is -4.49. The number of carbonyl (C=O) groups is 1. The molecule has 2 N–H and O–H groups in total. The van der Waals surface area contributed by atoms with Crippen molar-refractivity contribution in [3.8, 4) is 0 Å². The maximum atomic E-state index is 11.0. The van der Waals surface area contributed by atoms with Crippen LogP contribution in [0, 0.1) is 0 Å². The fraction of sp³-hybridized carbons (Fsp3) is 0.769. The SMILES string of the molecule is C=CC(=O)OCCCCC(CC[N+](C)(C)C)OP(=O)(O)O. The smallest absolute Gasteiger partial charge is 0.463 e. The molecule has 0 radical (unpaired) electrons. The van der Waals surface area contributed by atoms with Gasteiger partial charge >= 0.3 is 13.8 Å². The van der Waals surface area contributed by atoms with Gasteiger partial charge in [-0.2, -0.15) is 0 Å². The highest BCUT2D eigenvalue weighted by Crippen LogP contribution is 2.39. The van der Waals surface area contributed by atoms with E-state index in [9.17, 15) is 9.36 Å². The maximum absolute atomic E-state index is 11.0. The Labute approximate surface area is 126 Å². The van der Waals surface area contributed by atoms with E-state index >= 15 is 0 Å². The summed E-state index contributed by atoms with van der Waals surface area (Å²) in [6.07, 6.45) is 2.94. The van der Waals surface area contributed by atoms with Gasteiger partial charge in [-0.05, 0) is 19.3 Å². The van der Waals surface area contributed by atoms with Crippen molar-refractivity contribution in [2.24, 2.45) is 0 Å². The topological polar surface area (TPSA) is 93.1 Å². The van der Waals surface area contributed by atoms with Crippen molar-refractivity contribution >= 4 is 13.8 Å². The molecule has 0 aromatic carbocycles. The molecule has 0 aliphatic rings. The summed E-state index contributed by atoms with van der Waals surface area (Å²) in [6.45, 7) is 4.31. The Bertz CT molecular complexity index is 373. The fourth-order valence-corrected chi connectivity index (χ4v) is 2.28. The van der Waals surface area contributed by atoms with E-state index in [4.69, 9.17) is 19.0 Å². The van der Waals surface area contributed by atoms with Crippen LogP contribution >= 0.6 is 7.82 Å². The Morgan fingerprint density at radius 3 is 2.38 bits per heavy atom. The lowest BCUT2D eigenvalue weighted by molar-refractivity contribution is -0.870. The van der Waals surface area contributed by atoms with Crippen LogP contribution in [0.25, 0.3) is 0 Å². The summed E-state index contributed by atoms with van der Waals surface area (Å²) >= 11 is 0. The molecule has 0 amide bonds. The number of carbonyl (C=O) groups excluding carboxylic acids is 1. The third kappa shape index (κ3) is 14.0. The highest BCUT2D eigenvalue weighted by atomic mass is 31.2. The minimum Gasteiger partial charge on any atom is -0.463 e. The summed E-state index contributed by atoms with van der Waals surface area (Å²) in [4.78, 5) is 28.7. The first-order valence-corrected chi connectivity index (χ1v) is 8.40. The van der Waals surface area contributed by atoms with Crippen LogP contribution in [0.2, 0.25) is 0 Å². The number of ether oxygens (including phenoxy) is 1. The fourth-order valence-electron chi connectivity index (χ4n) is 1.68. The molecule has 0 aliphatic carbocycles. The standard InChI is InChI=1S/C13H26NO6P/c1-5-13(15)19-11-7-6-8-12(20-21(16,17)18)9-10-14(2,3)4/h5,12H,1,6-11H2,2-4H3,(H-,16,17,18)/p+1. The van der Waals surface area contributed by atoms with Gasteiger partial charge in [0.1, 0.15) is 0 Å². The summed E-state index contributed by atoms with van der Waals surface area (Å²) < 4.78 is 21.3. The van der Waals surface area contributed by atoms with Crippen LogP contribution in [0.1, 0.15) is 25.7 Å². The number of rotatable bonds is 11. The molecule has 0 rings (SSSR count). The molecule has 8 heteroatoms. The average Bonchev–Trinajstić information content (AvgIpc) is 2.32. The van der Waals surface area contributed by atoms with Crippen molar-refractivity contribution in [2.45, 2.75) is 31.8 Å². The van der Waals surface area contributed by atoms with Gasteiger partial charge in [0, 0.05) is 12.5 Å². The molecule has 0 saturated heterocycles. The largest absolute Gasteiger partial charge is 0.469 e. The lowest BCUT2D eigenvalue weighted by Crippen LogP contribution is -2.37. The predicted molar refractivity (Wildman–Crippen MR) is 79.4 cm³/mol. The molecule has 0 aromatic rings. The van der Waals surface area contributed by atoms with Crippen LogP contribution in [0.5, 0.6) is 0 Å². The van der Waals surface area contributed by atoms with Crippen LogP contribution in [-0.2, 0) is 18.6 Å². The van der Waals surface area contributed by atoms with Crippen molar-refractivity contribution < 1.29 is 32.9 Å². The second-order valence-electron chi connectivity index (χ2n) is 5.89. The molecular formula is C13H27NO6P+. The van der Waals surface area contributed by atoms with Gasteiger partial charge in [-0.3, -0.25) is 4.52 Å². The van der Waals surface area contributed by atoms with Crippen molar-refractivity contribution in [1.29, 1.82) is 0 Å². The molecule has 0 saturated carbocycles. The highest BCUT2D eigenvalue weighted by Gasteiger charge is 2.23. The van der Waals surface area contributed by atoms with Crippen molar-refractivity contribution in [3.63, 3.8) is 0 Å². The van der Waals surface area contributed by atoms with Crippen LogP contribution in [0.4, 0.5) is 0 Å². The van der Waals surface area contributed by atoms with Gasteiger partial charge in [0.15, 0.2) is 0 Å². The minimum absolute atomic E-state index is 0.267. The van der Waals surface area contributed by atoms with Crippen LogP contribution < -0.4 is 0 Å². The summed E-state index contributed by atoms with van der Waals surface area (Å²) in [5, 5.41) is 0. The normalized spacial score (nSPS) is 13.8. The number of esters is 1. The first-order chi connectivity index (χ1) is 9.53. The maximum Gasteiger partial charge on any atom is 0.469 e. The van der Waals surface area contributed by atoms with Gasteiger partial charge in [0.2, 0.25) is 0 Å². The zero-order valence-corrected chi connectivity index (χ0v) is 13.9. The second-order valence-corrected chi connectivity index (χ2v) is 7.08. The summed E-state index contributed by atoms with van der Waals surface area (Å²) in [7, 11) is 1.52. The number of hydrogen-bond acceptors (Lipinski definition) is 4. The van der Waals surface area contributed by atoms with Gasteiger partial charge in [0.05, 0.1) is 40.4 Å². The summed E-state index contributed by atoms with van der Waals surface area (Å²) in [5.41, 5.74) is 0. The first-order valence-electron chi connectivity index (χ1n) is 6.87. The molecule has 0 bridgehead atoms. The zero-order chi connectivity index (χ0) is 16.5. The van der Waals surface area contributed by atoms with E-state index in [1.54, 1.807) is 0 Å². The Balaban J connectivity index is 4.13. The lowest BCUT2D eigenvalue weighted by atomic mass is 10.1. The number of phosphoric acid groups is 1. The van der Waals surface area contributed by atoms with Crippen LogP contribution in [-0.4, -0.2) is 60.6 Å². The van der Waals surface area contributed by atoms with Gasteiger partial charge in [0.25, 0.3) is 0 Å². The molecule has 0 fully saturated rings. The molecule has 0 heterocycles. The van der Waals surface area contributed by atoms with E-state index in [-0.39, 0.29) is 6.61 Å². The molecule has 7 nitrogen and oxygen atoms in total. The quantitative estimate of drug-likeness (QED) is 0.196. The molecule has 21 heavy (non-hydrogen) atoms. The molecule has 124 valence electrons. The highest BCUT2D eigenvalue weighted by molar-refractivity contribution is 7.46. The van der Waals surface area contributed by atoms with Crippen LogP contribution in [0.15, 0.2) is 12.7 Å². The van der Waals surface area contributed by atoms with E-state index in [0.29, 0.717) is 30.2 Å². The molecular weight excluding hydrogens is 297 g/mol. The Morgan fingerprint density at radius 1 is 1.29 bits per heavy atom. The van der Waals surface area contributed by atoms with E-state index in [2.05, 4.69) is 6.58 Å². The lowest BCUT2D eigenvalue weighted by Gasteiger charge is -2.26. The van der Waals surface area contributed by atoms with Gasteiger partial charge in [-0.1, -0.05) is 6.58 Å². The average molecular weight is 324 g/mol. The third-order valence-electron chi connectivity index (χ3n) is 2.74. The molecule has 0 spiro atoms. The van der Waals surface area contributed by atoms with Gasteiger partial charge < -0.3 is 19.0 Å². The van der Waals surface area contributed by atoms with Crippen molar-refractivity contribution in [1.82, 2.24) is 0 Å². The number of quaternary nitrogens is 1. The predicted octanol–water partition coefficient (Wildman–Crippen LogP) is 1.46. The number of unbranched alkanes of at least 4 members (excludes halogenated alkanes) is 1. The molecule has 0 aliphatic heterocycles. The second kappa shape index (κ2) is 9.33. The Hall–Kier alpha value is -0.720. The third-order valence-corrected chi connectivity index (χ3v) is 3.31. The number of nitrogens with zero attached hydrogens (tertiary/aromatic N) is 1. The summed E-state index contributed by atoms with van der Waals surface area (Å²) in [6, 6.07) is 0. The van der Waals surface area contributed by atoms with E-state index in [0.717, 1.165) is 12.6 Å². The summed E-state index contributed by atoms with van der Waals surface area (Å²) in [5.74, 6) is -0.469. The Morgan fingerprint density at radius 2 is 1.90 bits per heavy atom. The zero-order valence-electron chi connectivity index (χ0n) is 13.0. The van der Waals surface area contributed by atoms with Gasteiger partial charge in [-0.25, -0.2) is 9.36 Å². The van der Waals surface area contributed by atoms with E-state index in [1.165, 1.54) is 0 Å². The molecule has 1 unspecified atom stereocenters. The van der Waals surface area contributed by atoms with E-state index in [1.807, 2.05) is 21.1 Å². The van der Waals surface area contributed by atoms with Crippen LogP contribution in [0.3, 0.4) is 0 Å². The first kappa shape index (κ1) is 20.3. The van der Waals surface area contributed by atoms with Crippen molar-refractivity contribution in [3.05, 3.63) is 12.7 Å². The molecule has 0 aromatic heterocycles.